The standard InChI is InChI=1S/C14H16N2O2/c15-13(9-5-1-3-7-11(9)17)14(16)10-6-2-4-8-12(10)18/h1-8,13-14,17-18H,15-16H2/t13-,14+. The molecular formula is C14H16N2O2. The number of aromatic hydroxyl groups is 2. The number of rotatable bonds is 3. The van der Waals surface area contributed by atoms with Crippen molar-refractivity contribution in [3.8, 4) is 11.5 Å². The van der Waals surface area contributed by atoms with Gasteiger partial charge < -0.3 is 21.7 Å². The van der Waals surface area contributed by atoms with Crippen LogP contribution in [0, 0.1) is 0 Å². The van der Waals surface area contributed by atoms with E-state index in [-0.39, 0.29) is 11.5 Å². The summed E-state index contributed by atoms with van der Waals surface area (Å²) in [5, 5.41) is 19.5. The van der Waals surface area contributed by atoms with Crippen molar-refractivity contribution in [3.05, 3.63) is 59.7 Å². The Hall–Kier alpha value is -2.04. The molecule has 18 heavy (non-hydrogen) atoms. The Kier molecular flexibility index (Phi) is 3.50. The molecule has 2 rings (SSSR count). The molecule has 0 heterocycles. The fourth-order valence-electron chi connectivity index (χ4n) is 1.93. The Morgan fingerprint density at radius 3 is 1.33 bits per heavy atom. The maximum atomic E-state index is 9.75. The topological polar surface area (TPSA) is 92.5 Å². The Morgan fingerprint density at radius 2 is 1.00 bits per heavy atom. The van der Waals surface area contributed by atoms with E-state index in [2.05, 4.69) is 0 Å². The molecule has 6 N–H and O–H groups in total. The lowest BCUT2D eigenvalue weighted by Crippen LogP contribution is -2.26. The molecule has 0 fully saturated rings. The Labute approximate surface area is 105 Å². The van der Waals surface area contributed by atoms with E-state index >= 15 is 0 Å². The van der Waals surface area contributed by atoms with Gasteiger partial charge in [0.2, 0.25) is 0 Å². The maximum Gasteiger partial charge on any atom is 0.120 e. The van der Waals surface area contributed by atoms with Crippen molar-refractivity contribution < 1.29 is 10.2 Å². The molecule has 0 bridgehead atoms. The first-order chi connectivity index (χ1) is 8.61. The molecule has 94 valence electrons. The van der Waals surface area contributed by atoms with Crippen molar-refractivity contribution in [1.29, 1.82) is 0 Å². The van der Waals surface area contributed by atoms with Crippen LogP contribution in [0.5, 0.6) is 11.5 Å². The first-order valence-electron chi connectivity index (χ1n) is 5.68. The lowest BCUT2D eigenvalue weighted by atomic mass is 9.94. The van der Waals surface area contributed by atoms with Crippen molar-refractivity contribution in [3.63, 3.8) is 0 Å². The third-order valence-corrected chi connectivity index (χ3v) is 2.98. The van der Waals surface area contributed by atoms with Gasteiger partial charge in [0, 0.05) is 11.1 Å². The molecule has 0 aliphatic rings. The molecule has 0 aromatic heterocycles. The van der Waals surface area contributed by atoms with E-state index in [1.807, 2.05) is 0 Å². The van der Waals surface area contributed by atoms with E-state index < -0.39 is 12.1 Å². The first-order valence-corrected chi connectivity index (χ1v) is 5.68. The third-order valence-electron chi connectivity index (χ3n) is 2.98. The molecule has 0 unspecified atom stereocenters. The van der Waals surface area contributed by atoms with Crippen LogP contribution < -0.4 is 11.5 Å². The highest BCUT2D eigenvalue weighted by Gasteiger charge is 2.21. The van der Waals surface area contributed by atoms with Crippen molar-refractivity contribution >= 4 is 0 Å². The molecule has 4 nitrogen and oxygen atoms in total. The van der Waals surface area contributed by atoms with Gasteiger partial charge in [-0.3, -0.25) is 0 Å². The second-order valence-corrected chi connectivity index (χ2v) is 4.17. The monoisotopic (exact) mass is 244 g/mol. The number of hydrogen-bond acceptors (Lipinski definition) is 4. The van der Waals surface area contributed by atoms with Gasteiger partial charge in [0.25, 0.3) is 0 Å². The molecule has 0 aliphatic heterocycles. The predicted molar refractivity (Wildman–Crippen MR) is 70.1 cm³/mol. The van der Waals surface area contributed by atoms with Crippen LogP contribution in [-0.2, 0) is 0 Å². The zero-order valence-electron chi connectivity index (χ0n) is 9.82. The van der Waals surface area contributed by atoms with E-state index in [9.17, 15) is 10.2 Å². The summed E-state index contributed by atoms with van der Waals surface area (Å²) in [6.45, 7) is 0. The summed E-state index contributed by atoms with van der Waals surface area (Å²) in [7, 11) is 0. The van der Waals surface area contributed by atoms with Gasteiger partial charge in [0.15, 0.2) is 0 Å². The third kappa shape index (κ3) is 2.30. The number of phenolic OH excluding ortho intramolecular Hbond substituents is 2. The zero-order valence-corrected chi connectivity index (χ0v) is 9.82. The zero-order chi connectivity index (χ0) is 13.1. The van der Waals surface area contributed by atoms with Crippen LogP contribution in [0.2, 0.25) is 0 Å². The van der Waals surface area contributed by atoms with Crippen LogP contribution in [0.25, 0.3) is 0 Å². The molecule has 4 heteroatoms. The van der Waals surface area contributed by atoms with Crippen LogP contribution in [-0.4, -0.2) is 10.2 Å². The minimum absolute atomic E-state index is 0.107. The van der Waals surface area contributed by atoms with Crippen LogP contribution in [0.15, 0.2) is 48.5 Å². The second-order valence-electron chi connectivity index (χ2n) is 4.17. The molecule has 0 saturated heterocycles. The van der Waals surface area contributed by atoms with Gasteiger partial charge in [0.1, 0.15) is 11.5 Å². The summed E-state index contributed by atoms with van der Waals surface area (Å²) in [6.07, 6.45) is 0. The summed E-state index contributed by atoms with van der Waals surface area (Å²) in [4.78, 5) is 0. The van der Waals surface area contributed by atoms with Gasteiger partial charge >= 0.3 is 0 Å². The lowest BCUT2D eigenvalue weighted by Gasteiger charge is -2.22. The van der Waals surface area contributed by atoms with Crippen LogP contribution >= 0.6 is 0 Å². The summed E-state index contributed by atoms with van der Waals surface area (Å²) in [5.41, 5.74) is 13.2. The average molecular weight is 244 g/mol. The highest BCUT2D eigenvalue weighted by atomic mass is 16.3. The molecule has 0 saturated carbocycles. The van der Waals surface area contributed by atoms with Crippen LogP contribution in [0.4, 0.5) is 0 Å². The number of benzene rings is 2. The van der Waals surface area contributed by atoms with E-state index in [1.165, 1.54) is 0 Å². The minimum Gasteiger partial charge on any atom is -0.508 e. The molecule has 0 aliphatic carbocycles. The normalized spacial score (nSPS) is 14.1. The SMILES string of the molecule is N[C@H](c1ccccc1O)[C@@H](N)c1ccccc1O. The van der Waals surface area contributed by atoms with Gasteiger partial charge in [-0.25, -0.2) is 0 Å². The van der Waals surface area contributed by atoms with Gasteiger partial charge in [-0.05, 0) is 12.1 Å². The fraction of sp³-hybridized carbons (Fsp3) is 0.143. The van der Waals surface area contributed by atoms with E-state index in [4.69, 9.17) is 11.5 Å². The van der Waals surface area contributed by atoms with Crippen LogP contribution in [0.3, 0.4) is 0 Å². The Bertz CT molecular complexity index is 493. The van der Waals surface area contributed by atoms with E-state index in [1.54, 1.807) is 48.5 Å². The molecule has 0 amide bonds. The van der Waals surface area contributed by atoms with Gasteiger partial charge in [0.05, 0.1) is 12.1 Å². The highest BCUT2D eigenvalue weighted by molar-refractivity contribution is 5.40. The number of phenols is 2. The molecular weight excluding hydrogens is 228 g/mol. The summed E-state index contributed by atoms with van der Waals surface area (Å²) >= 11 is 0. The van der Waals surface area contributed by atoms with Crippen molar-refractivity contribution in [2.75, 3.05) is 0 Å². The number of nitrogens with two attached hydrogens (primary N) is 2. The first kappa shape index (κ1) is 12.4. The largest absolute Gasteiger partial charge is 0.508 e. The second kappa shape index (κ2) is 5.08. The van der Waals surface area contributed by atoms with Crippen molar-refractivity contribution in [1.82, 2.24) is 0 Å². The lowest BCUT2D eigenvalue weighted by molar-refractivity contribution is 0.436. The van der Waals surface area contributed by atoms with E-state index in [0.29, 0.717) is 11.1 Å². The number of hydrogen-bond donors (Lipinski definition) is 4. The van der Waals surface area contributed by atoms with Crippen molar-refractivity contribution in [2.45, 2.75) is 12.1 Å². The summed E-state index contributed by atoms with van der Waals surface area (Å²) in [5.74, 6) is 0.215. The maximum absolute atomic E-state index is 9.75. The Balaban J connectivity index is 2.33. The molecule has 2 atom stereocenters. The predicted octanol–water partition coefficient (Wildman–Crippen LogP) is 1.80. The minimum atomic E-state index is -0.584. The average Bonchev–Trinajstić information content (AvgIpc) is 2.38. The van der Waals surface area contributed by atoms with Gasteiger partial charge in [-0.15, -0.1) is 0 Å². The number of para-hydroxylation sites is 2. The van der Waals surface area contributed by atoms with Gasteiger partial charge in [-0.1, -0.05) is 36.4 Å². The van der Waals surface area contributed by atoms with E-state index in [0.717, 1.165) is 0 Å². The fourth-order valence-corrected chi connectivity index (χ4v) is 1.93. The molecule has 0 spiro atoms. The molecule has 0 radical (unpaired) electrons. The molecule has 2 aromatic rings. The van der Waals surface area contributed by atoms with Gasteiger partial charge in [-0.2, -0.15) is 0 Å². The summed E-state index contributed by atoms with van der Waals surface area (Å²) < 4.78 is 0. The quantitative estimate of drug-likeness (QED) is 0.662. The summed E-state index contributed by atoms with van der Waals surface area (Å²) in [6, 6.07) is 12.4. The Morgan fingerprint density at radius 1 is 0.667 bits per heavy atom. The van der Waals surface area contributed by atoms with Crippen LogP contribution in [0.1, 0.15) is 23.2 Å². The smallest absolute Gasteiger partial charge is 0.120 e. The van der Waals surface area contributed by atoms with Crippen molar-refractivity contribution in [2.24, 2.45) is 11.5 Å². The highest BCUT2D eigenvalue weighted by Crippen LogP contribution is 2.33. The molecule has 2 aromatic carbocycles.